The fourth-order valence-corrected chi connectivity index (χ4v) is 3.07. The molecule has 1 amide bonds. The largest absolute Gasteiger partial charge is 0.379 e. The highest BCUT2D eigenvalue weighted by Gasteiger charge is 2.27. The van der Waals surface area contributed by atoms with E-state index in [0.717, 1.165) is 24.8 Å². The van der Waals surface area contributed by atoms with Crippen molar-refractivity contribution in [2.75, 3.05) is 20.3 Å². The first-order valence-corrected chi connectivity index (χ1v) is 7.31. The lowest BCUT2D eigenvalue weighted by atomic mass is 10.0. The van der Waals surface area contributed by atoms with E-state index >= 15 is 0 Å². The van der Waals surface area contributed by atoms with E-state index in [4.69, 9.17) is 9.47 Å². The van der Waals surface area contributed by atoms with E-state index in [1.165, 1.54) is 17.5 Å². The van der Waals surface area contributed by atoms with Gasteiger partial charge >= 0.3 is 0 Å². The molecule has 2 atom stereocenters. The third-order valence-electron chi connectivity index (χ3n) is 4.28. The van der Waals surface area contributed by atoms with Crippen LogP contribution in [0.3, 0.4) is 0 Å². The molecule has 0 aromatic heterocycles. The Bertz CT molecular complexity index is 500. The molecule has 1 aliphatic carbocycles. The predicted octanol–water partition coefficient (Wildman–Crippen LogP) is 1.71. The van der Waals surface area contributed by atoms with Gasteiger partial charge in [0.1, 0.15) is 6.10 Å². The van der Waals surface area contributed by atoms with Crippen LogP contribution in [0.4, 0.5) is 0 Å². The number of nitrogens with one attached hydrogen (secondary N) is 1. The maximum atomic E-state index is 12.4. The lowest BCUT2D eigenvalue weighted by Gasteiger charge is -2.31. The van der Waals surface area contributed by atoms with Crippen LogP contribution < -0.4 is 5.32 Å². The van der Waals surface area contributed by atoms with E-state index in [-0.39, 0.29) is 18.1 Å². The number of benzene rings is 1. The molecule has 1 saturated heterocycles. The van der Waals surface area contributed by atoms with Gasteiger partial charge in [-0.05, 0) is 48.9 Å². The first-order chi connectivity index (χ1) is 9.78. The van der Waals surface area contributed by atoms with Crippen molar-refractivity contribution in [3.63, 3.8) is 0 Å². The van der Waals surface area contributed by atoms with E-state index < -0.39 is 0 Å². The maximum absolute atomic E-state index is 12.4. The molecule has 20 heavy (non-hydrogen) atoms. The van der Waals surface area contributed by atoms with Crippen LogP contribution in [0.25, 0.3) is 0 Å². The average Bonchev–Trinajstić information content (AvgIpc) is 2.95. The van der Waals surface area contributed by atoms with Crippen molar-refractivity contribution >= 4 is 5.91 Å². The van der Waals surface area contributed by atoms with Gasteiger partial charge in [-0.1, -0.05) is 6.07 Å². The highest BCUT2D eigenvalue weighted by molar-refractivity contribution is 5.94. The first-order valence-electron chi connectivity index (χ1n) is 7.31. The van der Waals surface area contributed by atoms with Gasteiger partial charge in [0, 0.05) is 19.3 Å². The van der Waals surface area contributed by atoms with E-state index in [1.54, 1.807) is 7.11 Å². The van der Waals surface area contributed by atoms with Crippen molar-refractivity contribution in [2.45, 2.75) is 37.8 Å². The van der Waals surface area contributed by atoms with E-state index in [9.17, 15) is 4.79 Å². The third-order valence-corrected chi connectivity index (χ3v) is 4.28. The fourth-order valence-electron chi connectivity index (χ4n) is 3.07. The quantitative estimate of drug-likeness (QED) is 0.913. The fraction of sp³-hybridized carbons (Fsp3) is 0.562. The Morgan fingerprint density at radius 2 is 2.20 bits per heavy atom. The number of hydrogen-bond donors (Lipinski definition) is 1. The number of carbonyl (C=O) groups is 1. The van der Waals surface area contributed by atoms with Crippen molar-refractivity contribution in [1.82, 2.24) is 5.32 Å². The second-order valence-electron chi connectivity index (χ2n) is 5.55. The molecule has 1 aromatic carbocycles. The minimum Gasteiger partial charge on any atom is -0.379 e. The molecule has 1 N–H and O–H groups in total. The summed E-state index contributed by atoms with van der Waals surface area (Å²) in [5, 5.41) is 3.08. The second-order valence-corrected chi connectivity index (χ2v) is 5.55. The van der Waals surface area contributed by atoms with Gasteiger partial charge < -0.3 is 14.8 Å². The van der Waals surface area contributed by atoms with Crippen LogP contribution in [0.15, 0.2) is 18.2 Å². The summed E-state index contributed by atoms with van der Waals surface area (Å²) in [6, 6.07) is 6.10. The SMILES string of the molecule is CO[C@@H]1COCC[C@H]1NC(=O)c1ccc2c(c1)CCC2. The van der Waals surface area contributed by atoms with E-state index in [1.807, 2.05) is 12.1 Å². The van der Waals surface area contributed by atoms with Crippen molar-refractivity contribution in [3.8, 4) is 0 Å². The smallest absolute Gasteiger partial charge is 0.251 e. The predicted molar refractivity (Wildman–Crippen MR) is 76.0 cm³/mol. The summed E-state index contributed by atoms with van der Waals surface area (Å²) in [4.78, 5) is 12.4. The molecular formula is C16H21NO3. The summed E-state index contributed by atoms with van der Waals surface area (Å²) >= 11 is 0. The highest BCUT2D eigenvalue weighted by atomic mass is 16.5. The van der Waals surface area contributed by atoms with Gasteiger partial charge in [-0.3, -0.25) is 4.79 Å². The maximum Gasteiger partial charge on any atom is 0.251 e. The van der Waals surface area contributed by atoms with E-state index in [2.05, 4.69) is 11.4 Å². The average molecular weight is 275 g/mol. The van der Waals surface area contributed by atoms with Crippen molar-refractivity contribution in [3.05, 3.63) is 34.9 Å². The molecule has 1 aromatic rings. The zero-order valence-electron chi connectivity index (χ0n) is 11.9. The lowest BCUT2D eigenvalue weighted by molar-refractivity contribution is -0.0479. The van der Waals surface area contributed by atoms with Gasteiger partial charge in [-0.15, -0.1) is 0 Å². The van der Waals surface area contributed by atoms with Crippen molar-refractivity contribution in [2.24, 2.45) is 0 Å². The monoisotopic (exact) mass is 275 g/mol. The molecular weight excluding hydrogens is 254 g/mol. The molecule has 1 heterocycles. The standard InChI is InChI=1S/C16H21NO3/c1-19-15-10-20-8-7-14(15)17-16(18)13-6-5-11-3-2-4-12(11)9-13/h5-6,9,14-15H,2-4,7-8,10H2,1H3,(H,17,18)/t14-,15-/m1/s1. The summed E-state index contributed by atoms with van der Waals surface area (Å²) in [6.45, 7) is 1.22. The Balaban J connectivity index is 1.69. The minimum absolute atomic E-state index is 0.00588. The van der Waals surface area contributed by atoms with Crippen LogP contribution in [-0.2, 0) is 22.3 Å². The lowest BCUT2D eigenvalue weighted by Crippen LogP contribution is -2.49. The topological polar surface area (TPSA) is 47.6 Å². The Kier molecular flexibility index (Phi) is 4.03. The molecule has 4 heteroatoms. The Morgan fingerprint density at radius 1 is 1.35 bits per heavy atom. The van der Waals surface area contributed by atoms with Crippen LogP contribution in [0.1, 0.15) is 34.3 Å². The number of hydrogen-bond acceptors (Lipinski definition) is 3. The molecule has 0 unspecified atom stereocenters. The number of carbonyl (C=O) groups excluding carboxylic acids is 1. The third kappa shape index (κ3) is 2.72. The van der Waals surface area contributed by atoms with Crippen LogP contribution >= 0.6 is 0 Å². The molecule has 0 bridgehead atoms. The van der Waals surface area contributed by atoms with Crippen LogP contribution in [0, 0.1) is 0 Å². The van der Waals surface area contributed by atoms with Crippen LogP contribution in [0.2, 0.25) is 0 Å². The molecule has 1 aliphatic heterocycles. The summed E-state index contributed by atoms with van der Waals surface area (Å²) in [5.74, 6) is -0.00588. The number of methoxy groups -OCH3 is 1. The van der Waals surface area contributed by atoms with Gasteiger partial charge in [0.25, 0.3) is 5.91 Å². The van der Waals surface area contributed by atoms with Gasteiger partial charge in [-0.2, -0.15) is 0 Å². The zero-order chi connectivity index (χ0) is 13.9. The Labute approximate surface area is 119 Å². The number of fused-ring (bicyclic) bond motifs is 1. The molecule has 2 aliphatic rings. The molecule has 3 rings (SSSR count). The van der Waals surface area contributed by atoms with Crippen LogP contribution in [0.5, 0.6) is 0 Å². The second kappa shape index (κ2) is 5.94. The molecule has 4 nitrogen and oxygen atoms in total. The van der Waals surface area contributed by atoms with Gasteiger partial charge in [0.2, 0.25) is 0 Å². The van der Waals surface area contributed by atoms with E-state index in [0.29, 0.717) is 13.2 Å². The van der Waals surface area contributed by atoms with Crippen molar-refractivity contribution < 1.29 is 14.3 Å². The minimum atomic E-state index is -0.0536. The first kappa shape index (κ1) is 13.6. The molecule has 1 fully saturated rings. The number of rotatable bonds is 3. The normalized spacial score (nSPS) is 25.2. The molecule has 0 spiro atoms. The summed E-state index contributed by atoms with van der Waals surface area (Å²) in [5.41, 5.74) is 3.47. The van der Waals surface area contributed by atoms with Crippen LogP contribution in [-0.4, -0.2) is 38.4 Å². The van der Waals surface area contributed by atoms with Gasteiger partial charge in [0.15, 0.2) is 0 Å². The molecule has 0 saturated carbocycles. The number of aryl methyl sites for hydroxylation is 2. The number of amides is 1. The molecule has 108 valence electrons. The molecule has 0 radical (unpaired) electrons. The zero-order valence-corrected chi connectivity index (χ0v) is 11.9. The van der Waals surface area contributed by atoms with Crippen molar-refractivity contribution in [1.29, 1.82) is 0 Å². The van der Waals surface area contributed by atoms with Gasteiger partial charge in [0.05, 0.1) is 12.6 Å². The van der Waals surface area contributed by atoms with Gasteiger partial charge in [-0.25, -0.2) is 0 Å². The summed E-state index contributed by atoms with van der Waals surface area (Å²) in [6.07, 6.45) is 4.18. The Morgan fingerprint density at radius 3 is 3.05 bits per heavy atom. The summed E-state index contributed by atoms with van der Waals surface area (Å²) in [7, 11) is 1.66. The number of ether oxygens (including phenoxy) is 2. The Hall–Kier alpha value is -1.39. The highest BCUT2D eigenvalue weighted by Crippen LogP contribution is 2.23. The summed E-state index contributed by atoms with van der Waals surface area (Å²) < 4.78 is 10.7.